The number of allylic oxidation sites excluding steroid dienone is 1. The first kappa shape index (κ1) is 45.4. The summed E-state index contributed by atoms with van der Waals surface area (Å²) in [5.41, 5.74) is 4.57. The molecule has 1 amide bonds. The molecule has 348 valence electrons. The summed E-state index contributed by atoms with van der Waals surface area (Å²) in [4.78, 5) is 39.9. The summed E-state index contributed by atoms with van der Waals surface area (Å²) in [6, 6.07) is 20.6. The first-order chi connectivity index (χ1) is 31.6. The van der Waals surface area contributed by atoms with Crippen LogP contribution in [0.25, 0.3) is 16.6 Å². The van der Waals surface area contributed by atoms with Gasteiger partial charge in [-0.15, -0.1) is 0 Å². The highest BCUT2D eigenvalue weighted by molar-refractivity contribution is 7.90. The molecule has 5 heterocycles. The van der Waals surface area contributed by atoms with Gasteiger partial charge in [-0.1, -0.05) is 43.2 Å². The van der Waals surface area contributed by atoms with Crippen LogP contribution in [-0.4, -0.2) is 105 Å². The lowest BCUT2D eigenvalue weighted by molar-refractivity contribution is -0.384. The molecule has 2 aromatic heterocycles. The number of pyridine rings is 1. The number of carbonyl (C=O) groups is 1. The van der Waals surface area contributed by atoms with Crippen molar-refractivity contribution < 1.29 is 32.0 Å². The summed E-state index contributed by atoms with van der Waals surface area (Å²) in [6.07, 6.45) is 6.27. The Morgan fingerprint density at radius 1 is 0.970 bits per heavy atom. The number of nitro benzene ring substituents is 1. The normalized spacial score (nSPS) is 20.4. The van der Waals surface area contributed by atoms with Crippen molar-refractivity contribution in [1.29, 1.82) is 0 Å². The van der Waals surface area contributed by atoms with Crippen molar-refractivity contribution in [3.63, 3.8) is 0 Å². The van der Waals surface area contributed by atoms with Gasteiger partial charge < -0.3 is 29.6 Å². The van der Waals surface area contributed by atoms with E-state index >= 15 is 4.39 Å². The van der Waals surface area contributed by atoms with Gasteiger partial charge in [-0.2, -0.15) is 4.98 Å². The molecule has 18 heteroatoms. The summed E-state index contributed by atoms with van der Waals surface area (Å²) in [5.74, 6) is -0.555. The molecule has 66 heavy (non-hydrogen) atoms. The molecule has 4 aliphatic rings. The smallest absolute Gasteiger partial charge is 0.293 e. The molecule has 1 atom stereocenters. The van der Waals surface area contributed by atoms with Gasteiger partial charge in [0, 0.05) is 74.2 Å². The quantitative estimate of drug-likeness (QED) is 0.0802. The first-order valence-corrected chi connectivity index (χ1v) is 24.3. The highest BCUT2D eigenvalue weighted by atomic mass is 35.5. The fraction of sp³-hybridized carbons (Fsp3) is 0.417. The van der Waals surface area contributed by atoms with E-state index in [0.717, 1.165) is 80.2 Å². The average Bonchev–Trinajstić information content (AvgIpc) is 3.66. The monoisotopic (exact) mass is 940 g/mol. The second-order valence-corrected chi connectivity index (χ2v) is 20.6. The van der Waals surface area contributed by atoms with Crippen LogP contribution in [0.2, 0.25) is 5.02 Å². The van der Waals surface area contributed by atoms with E-state index in [0.29, 0.717) is 55.5 Å². The van der Waals surface area contributed by atoms with Gasteiger partial charge >= 0.3 is 0 Å². The number of rotatable bonds is 12. The lowest BCUT2D eigenvalue weighted by Crippen LogP contribution is -2.47. The van der Waals surface area contributed by atoms with Crippen LogP contribution in [0.1, 0.15) is 68.3 Å². The number of fused-ring (bicyclic) bond motifs is 2. The Morgan fingerprint density at radius 2 is 1.77 bits per heavy atom. The number of sulfonamides is 1. The zero-order valence-electron chi connectivity index (χ0n) is 37.1. The Labute approximate surface area is 388 Å². The van der Waals surface area contributed by atoms with Crippen molar-refractivity contribution in [3.8, 4) is 5.88 Å². The van der Waals surface area contributed by atoms with Crippen LogP contribution in [0, 0.1) is 15.5 Å². The number of hydrogen-bond acceptors (Lipinski definition) is 12. The van der Waals surface area contributed by atoms with Crippen molar-refractivity contribution in [2.24, 2.45) is 5.41 Å². The van der Waals surface area contributed by atoms with E-state index in [9.17, 15) is 23.3 Å². The molecule has 0 radical (unpaired) electrons. The standard InChI is InChI=1S/C48H54ClFN8O7S/c1-47(2)16-13-34(39(28-47)32-5-7-35(49)8-6-32)29-55-19-21-56(22-20-55)36-9-11-38(41(26-36)57-18-4-24-65-46-43(57)25-33-14-17-51-44(33)53-46)45(59)54-66(62,63)37-10-12-40(42(27-37)58(60)61)52-30-48(50)15-3-23-64-31-48/h5-12,14,17,25-27,52H,3-4,13,15-16,18-24,28-31H2,1-2H3,(H,51,53)(H,54,59). The molecule has 1 unspecified atom stereocenters. The van der Waals surface area contributed by atoms with Gasteiger partial charge in [-0.25, -0.2) is 17.5 Å². The fourth-order valence-corrected chi connectivity index (χ4v) is 10.6. The number of H-pyrrole nitrogens is 1. The van der Waals surface area contributed by atoms with Gasteiger partial charge in [0.15, 0.2) is 5.67 Å². The van der Waals surface area contributed by atoms with Gasteiger partial charge in [-0.3, -0.25) is 19.8 Å². The van der Waals surface area contributed by atoms with Gasteiger partial charge in [0.2, 0.25) is 5.88 Å². The Morgan fingerprint density at radius 3 is 2.53 bits per heavy atom. The van der Waals surface area contributed by atoms with E-state index in [-0.39, 0.29) is 36.2 Å². The van der Waals surface area contributed by atoms with Gasteiger partial charge in [0.05, 0.1) is 40.8 Å². The molecule has 2 saturated heterocycles. The van der Waals surface area contributed by atoms with Crippen LogP contribution in [0.5, 0.6) is 5.88 Å². The topological polar surface area (TPSA) is 175 Å². The van der Waals surface area contributed by atoms with Gasteiger partial charge in [-0.05, 0) is 110 Å². The third-order valence-electron chi connectivity index (χ3n) is 13.2. The maximum atomic E-state index is 15.3. The van der Waals surface area contributed by atoms with Gasteiger partial charge in [0.25, 0.3) is 21.6 Å². The molecule has 3 N–H and O–H groups in total. The summed E-state index contributed by atoms with van der Waals surface area (Å²) in [5, 5.41) is 16.5. The lowest BCUT2D eigenvalue weighted by Gasteiger charge is -2.39. The van der Waals surface area contributed by atoms with Crippen LogP contribution >= 0.6 is 11.6 Å². The third-order valence-corrected chi connectivity index (χ3v) is 14.7. The van der Waals surface area contributed by atoms with Crippen molar-refractivity contribution in [1.82, 2.24) is 19.6 Å². The number of amides is 1. The van der Waals surface area contributed by atoms with E-state index in [4.69, 9.17) is 26.1 Å². The van der Waals surface area contributed by atoms with Crippen molar-refractivity contribution >= 4 is 72.6 Å². The molecule has 3 aromatic carbocycles. The van der Waals surface area contributed by atoms with Crippen LogP contribution in [0.3, 0.4) is 0 Å². The van der Waals surface area contributed by atoms with Gasteiger partial charge in [0.1, 0.15) is 17.0 Å². The third kappa shape index (κ3) is 9.85. The van der Waals surface area contributed by atoms with E-state index < -0.39 is 37.1 Å². The minimum Gasteiger partial charge on any atom is -0.476 e. The predicted molar refractivity (Wildman–Crippen MR) is 254 cm³/mol. The number of hydrogen-bond donors (Lipinski definition) is 3. The Kier molecular flexibility index (Phi) is 12.7. The number of carbonyl (C=O) groups excluding carboxylic acids is 1. The highest BCUT2D eigenvalue weighted by Gasteiger charge is 2.35. The van der Waals surface area contributed by atoms with Crippen molar-refractivity contribution in [2.45, 2.75) is 62.9 Å². The number of anilines is 4. The summed E-state index contributed by atoms with van der Waals surface area (Å²) < 4.78 is 56.7. The number of ether oxygens (including phenoxy) is 2. The van der Waals surface area contributed by atoms with E-state index in [1.807, 2.05) is 41.3 Å². The molecule has 0 bridgehead atoms. The molecule has 15 nitrogen and oxygen atoms in total. The predicted octanol–water partition coefficient (Wildman–Crippen LogP) is 8.88. The first-order valence-electron chi connectivity index (χ1n) is 22.5. The summed E-state index contributed by atoms with van der Waals surface area (Å²) in [7, 11) is -4.65. The number of nitrogens with one attached hydrogen (secondary N) is 3. The zero-order chi connectivity index (χ0) is 46.2. The molecule has 0 saturated carbocycles. The molecule has 9 rings (SSSR count). The number of benzene rings is 3. The largest absolute Gasteiger partial charge is 0.476 e. The van der Waals surface area contributed by atoms with Crippen molar-refractivity contribution in [3.05, 3.63) is 111 Å². The minimum atomic E-state index is -4.65. The van der Waals surface area contributed by atoms with Crippen LogP contribution in [-0.2, 0) is 14.8 Å². The number of nitro groups is 1. The average molecular weight is 942 g/mol. The van der Waals surface area contributed by atoms with Crippen LogP contribution < -0.4 is 24.6 Å². The minimum absolute atomic E-state index is 0.0587. The molecular weight excluding hydrogens is 887 g/mol. The number of piperazine rings is 1. The van der Waals surface area contributed by atoms with Crippen LogP contribution in [0.15, 0.2) is 89.5 Å². The SMILES string of the molecule is CC1(C)CCC(CN2CCN(c3ccc(C(=O)NS(=O)(=O)c4ccc(NCC5(F)CCCOC5)c([N+](=O)[O-])c4)c(N4CCCOc5nc6[nH]ccc6cc54)c3)CC2)=C(c2ccc(Cl)cc2)C1. The molecule has 0 spiro atoms. The zero-order valence-corrected chi connectivity index (χ0v) is 38.6. The number of alkyl halides is 1. The number of aromatic amines is 1. The van der Waals surface area contributed by atoms with Crippen molar-refractivity contribution in [2.75, 3.05) is 80.8 Å². The molecule has 3 aliphatic heterocycles. The Bertz CT molecular complexity index is 2790. The fourth-order valence-electron chi connectivity index (χ4n) is 9.47. The summed E-state index contributed by atoms with van der Waals surface area (Å²) in [6.45, 7) is 9.46. The molecule has 1 aliphatic carbocycles. The number of nitrogens with zero attached hydrogens (tertiary/aromatic N) is 5. The second kappa shape index (κ2) is 18.5. The van der Waals surface area contributed by atoms with E-state index in [1.54, 1.807) is 12.3 Å². The second-order valence-electron chi connectivity index (χ2n) is 18.5. The van der Waals surface area contributed by atoms with E-state index in [1.165, 1.54) is 22.8 Å². The molecular formula is C48H54ClFN8O7S. The Balaban J connectivity index is 0.987. The number of halogens is 2. The highest BCUT2D eigenvalue weighted by Crippen LogP contribution is 2.44. The number of aromatic nitrogens is 2. The lowest BCUT2D eigenvalue weighted by atomic mass is 9.72. The Hall–Kier alpha value is -5.75. The van der Waals surface area contributed by atoms with Crippen LogP contribution in [0.4, 0.5) is 32.8 Å². The maximum absolute atomic E-state index is 15.3. The van der Waals surface area contributed by atoms with E-state index in [2.05, 4.69) is 50.8 Å². The molecule has 2 fully saturated rings. The summed E-state index contributed by atoms with van der Waals surface area (Å²) >= 11 is 6.27. The molecule has 5 aromatic rings. The maximum Gasteiger partial charge on any atom is 0.293 e.